The average Bonchev–Trinajstić information content (AvgIpc) is 2.69. The van der Waals surface area contributed by atoms with Crippen molar-refractivity contribution >= 4 is 17.7 Å². The van der Waals surface area contributed by atoms with Gasteiger partial charge in [-0.1, -0.05) is 31.2 Å². The topological polar surface area (TPSA) is 47.6 Å². The number of rotatable bonds is 9. The molecule has 0 radical (unpaired) electrons. The molecule has 2 rings (SSSR count). The molecule has 0 aromatic heterocycles. The number of nitrogens with one attached hydrogen (secondary N) is 1. The third-order valence-corrected chi connectivity index (χ3v) is 5.08. The zero-order chi connectivity index (χ0) is 18.9. The largest absolute Gasteiger partial charge is 0.493 e. The minimum atomic E-state index is -0.111. The van der Waals surface area contributed by atoms with E-state index in [2.05, 4.69) is 11.9 Å². The molecule has 0 bridgehead atoms. The summed E-state index contributed by atoms with van der Waals surface area (Å²) in [5, 5.41) is 3.13. The van der Waals surface area contributed by atoms with Crippen LogP contribution in [0.15, 0.2) is 60.0 Å². The molecule has 4 nitrogen and oxygen atoms in total. The molecule has 0 aliphatic heterocycles. The van der Waals surface area contributed by atoms with Gasteiger partial charge in [-0.25, -0.2) is 0 Å². The molecule has 1 amide bonds. The van der Waals surface area contributed by atoms with Crippen molar-refractivity contribution in [3.05, 3.63) is 66.2 Å². The molecular formula is C21H25NO3S. The SMILES string of the molecule is C=CCSc1ccccc1C(=O)N[C@H](CC)c1ccc(OC)c(OC)c1. The van der Waals surface area contributed by atoms with E-state index in [0.29, 0.717) is 17.1 Å². The van der Waals surface area contributed by atoms with E-state index in [4.69, 9.17) is 9.47 Å². The highest BCUT2D eigenvalue weighted by molar-refractivity contribution is 7.99. The Labute approximate surface area is 159 Å². The number of thioether (sulfide) groups is 1. The highest BCUT2D eigenvalue weighted by Gasteiger charge is 2.18. The predicted octanol–water partition coefficient (Wildman–Crippen LogP) is 4.86. The van der Waals surface area contributed by atoms with Crippen LogP contribution in [0.4, 0.5) is 0 Å². The summed E-state index contributed by atoms with van der Waals surface area (Å²) in [5.74, 6) is 2.00. The average molecular weight is 372 g/mol. The van der Waals surface area contributed by atoms with Gasteiger partial charge < -0.3 is 14.8 Å². The van der Waals surface area contributed by atoms with Gasteiger partial charge in [-0.05, 0) is 36.2 Å². The number of ether oxygens (including phenoxy) is 2. The van der Waals surface area contributed by atoms with Crippen LogP contribution in [0.1, 0.15) is 35.3 Å². The number of hydrogen-bond acceptors (Lipinski definition) is 4. The summed E-state index contributed by atoms with van der Waals surface area (Å²) in [6.45, 7) is 5.78. The zero-order valence-corrected chi connectivity index (χ0v) is 16.3. The Balaban J connectivity index is 2.22. The van der Waals surface area contributed by atoms with Crippen molar-refractivity contribution in [1.82, 2.24) is 5.32 Å². The van der Waals surface area contributed by atoms with Gasteiger partial charge in [0.25, 0.3) is 5.91 Å². The van der Waals surface area contributed by atoms with Gasteiger partial charge in [-0.15, -0.1) is 18.3 Å². The Hall–Kier alpha value is -2.40. The number of benzene rings is 2. The van der Waals surface area contributed by atoms with Gasteiger partial charge in [0.2, 0.25) is 0 Å². The summed E-state index contributed by atoms with van der Waals surface area (Å²) < 4.78 is 10.7. The normalized spacial score (nSPS) is 11.5. The molecule has 0 fully saturated rings. The summed E-state index contributed by atoms with van der Waals surface area (Å²) in [5.41, 5.74) is 1.66. The maximum Gasteiger partial charge on any atom is 0.252 e. The van der Waals surface area contributed by atoms with Crippen molar-refractivity contribution in [1.29, 1.82) is 0 Å². The summed E-state index contributed by atoms with van der Waals surface area (Å²) in [7, 11) is 3.21. The second-order valence-corrected chi connectivity index (χ2v) is 6.71. The Kier molecular flexibility index (Phi) is 7.60. The standard InChI is InChI=1S/C21H25NO3S/c1-5-13-26-20-10-8-7-9-16(20)21(23)22-17(6-2)15-11-12-18(24-3)19(14-15)25-4/h5,7-12,14,17H,1,6,13H2,2-4H3,(H,22,23)/t17-/m1/s1. The lowest BCUT2D eigenvalue weighted by molar-refractivity contribution is 0.0932. The highest BCUT2D eigenvalue weighted by atomic mass is 32.2. The second-order valence-electron chi connectivity index (χ2n) is 5.64. The molecule has 0 heterocycles. The summed E-state index contributed by atoms with van der Waals surface area (Å²) in [6, 6.07) is 13.2. The van der Waals surface area contributed by atoms with Crippen molar-refractivity contribution in [2.75, 3.05) is 20.0 Å². The summed E-state index contributed by atoms with van der Waals surface area (Å²) in [6.07, 6.45) is 2.60. The minimum absolute atomic E-state index is 0.0844. The van der Waals surface area contributed by atoms with Crippen molar-refractivity contribution in [2.45, 2.75) is 24.3 Å². The first-order valence-corrected chi connectivity index (χ1v) is 9.48. The number of methoxy groups -OCH3 is 2. The van der Waals surface area contributed by atoms with E-state index in [1.54, 1.807) is 26.0 Å². The fourth-order valence-corrected chi connectivity index (χ4v) is 3.44. The molecule has 2 aromatic carbocycles. The van der Waals surface area contributed by atoms with Gasteiger partial charge in [0, 0.05) is 10.6 Å². The van der Waals surface area contributed by atoms with Crippen LogP contribution in [0.25, 0.3) is 0 Å². The minimum Gasteiger partial charge on any atom is -0.493 e. The lowest BCUT2D eigenvalue weighted by Crippen LogP contribution is -2.28. The van der Waals surface area contributed by atoms with Crippen LogP contribution < -0.4 is 14.8 Å². The van der Waals surface area contributed by atoms with Crippen molar-refractivity contribution in [3.63, 3.8) is 0 Å². The molecule has 1 N–H and O–H groups in total. The van der Waals surface area contributed by atoms with Crippen LogP contribution in [0.2, 0.25) is 0 Å². The third kappa shape index (κ3) is 4.82. The van der Waals surface area contributed by atoms with Gasteiger partial charge in [-0.3, -0.25) is 4.79 Å². The van der Waals surface area contributed by atoms with Crippen LogP contribution in [0.5, 0.6) is 11.5 Å². The van der Waals surface area contributed by atoms with E-state index in [9.17, 15) is 4.79 Å². The van der Waals surface area contributed by atoms with Crippen LogP contribution in [-0.4, -0.2) is 25.9 Å². The molecule has 0 saturated carbocycles. The molecule has 1 atom stereocenters. The first-order chi connectivity index (χ1) is 12.6. The molecule has 0 spiro atoms. The van der Waals surface area contributed by atoms with Gasteiger partial charge in [0.15, 0.2) is 11.5 Å². The van der Waals surface area contributed by atoms with Crippen molar-refractivity contribution in [3.8, 4) is 11.5 Å². The quantitative estimate of drug-likeness (QED) is 0.505. The Bertz CT molecular complexity index is 761. The molecule has 0 aliphatic carbocycles. The van der Waals surface area contributed by atoms with Crippen LogP contribution in [0.3, 0.4) is 0 Å². The number of carbonyl (C=O) groups excluding carboxylic acids is 1. The lowest BCUT2D eigenvalue weighted by atomic mass is 10.0. The van der Waals surface area contributed by atoms with E-state index >= 15 is 0 Å². The van der Waals surface area contributed by atoms with E-state index in [0.717, 1.165) is 22.6 Å². The first-order valence-electron chi connectivity index (χ1n) is 8.50. The van der Waals surface area contributed by atoms with Gasteiger partial charge in [0.05, 0.1) is 25.8 Å². The molecule has 26 heavy (non-hydrogen) atoms. The molecular weight excluding hydrogens is 346 g/mol. The van der Waals surface area contributed by atoms with Crippen LogP contribution >= 0.6 is 11.8 Å². The van der Waals surface area contributed by atoms with Crippen molar-refractivity contribution in [2.24, 2.45) is 0 Å². The highest BCUT2D eigenvalue weighted by Crippen LogP contribution is 2.31. The lowest BCUT2D eigenvalue weighted by Gasteiger charge is -2.20. The molecule has 5 heteroatoms. The maximum atomic E-state index is 12.8. The first kappa shape index (κ1) is 19.9. The maximum absolute atomic E-state index is 12.8. The fraction of sp³-hybridized carbons (Fsp3) is 0.286. The molecule has 0 aliphatic rings. The monoisotopic (exact) mass is 371 g/mol. The van der Waals surface area contributed by atoms with E-state index in [1.165, 1.54) is 0 Å². The van der Waals surface area contributed by atoms with Gasteiger partial charge >= 0.3 is 0 Å². The number of carbonyl (C=O) groups is 1. The Morgan fingerprint density at radius 1 is 1.19 bits per heavy atom. The van der Waals surface area contributed by atoms with Crippen LogP contribution in [-0.2, 0) is 0 Å². The number of hydrogen-bond donors (Lipinski definition) is 1. The Morgan fingerprint density at radius 3 is 2.58 bits per heavy atom. The van der Waals surface area contributed by atoms with E-state index < -0.39 is 0 Å². The molecule has 138 valence electrons. The fourth-order valence-electron chi connectivity index (χ4n) is 2.66. The van der Waals surface area contributed by atoms with Crippen molar-refractivity contribution < 1.29 is 14.3 Å². The number of amides is 1. The third-order valence-electron chi connectivity index (χ3n) is 4.01. The predicted molar refractivity (Wildman–Crippen MR) is 107 cm³/mol. The second kappa shape index (κ2) is 9.92. The van der Waals surface area contributed by atoms with Crippen LogP contribution in [0, 0.1) is 0 Å². The molecule has 0 saturated heterocycles. The van der Waals surface area contributed by atoms with E-state index in [1.807, 2.05) is 55.5 Å². The zero-order valence-electron chi connectivity index (χ0n) is 15.5. The summed E-state index contributed by atoms with van der Waals surface area (Å²) in [4.78, 5) is 13.8. The van der Waals surface area contributed by atoms with Gasteiger partial charge in [0.1, 0.15) is 0 Å². The van der Waals surface area contributed by atoms with Gasteiger partial charge in [-0.2, -0.15) is 0 Å². The Morgan fingerprint density at radius 2 is 1.92 bits per heavy atom. The molecule has 2 aromatic rings. The smallest absolute Gasteiger partial charge is 0.252 e. The summed E-state index contributed by atoms with van der Waals surface area (Å²) >= 11 is 1.60. The molecule has 0 unspecified atom stereocenters. The van der Waals surface area contributed by atoms with E-state index in [-0.39, 0.29) is 11.9 Å².